The Balaban J connectivity index is 1.75. The SMILES string of the molecule is Cn1cccc1/C=N\NC(=O)/C(=C\c1cccs1)NC(=O)c1ccccc1. The van der Waals surface area contributed by atoms with Gasteiger partial charge in [0, 0.05) is 23.7 Å². The molecule has 0 saturated heterocycles. The van der Waals surface area contributed by atoms with Crippen LogP contribution in [0, 0.1) is 0 Å². The summed E-state index contributed by atoms with van der Waals surface area (Å²) in [5, 5.41) is 8.53. The summed E-state index contributed by atoms with van der Waals surface area (Å²) in [6.07, 6.45) is 5.05. The maximum Gasteiger partial charge on any atom is 0.287 e. The fourth-order valence-corrected chi connectivity index (χ4v) is 2.94. The molecule has 0 aliphatic carbocycles. The molecule has 27 heavy (non-hydrogen) atoms. The van der Waals surface area contributed by atoms with Gasteiger partial charge in [0.1, 0.15) is 5.70 Å². The summed E-state index contributed by atoms with van der Waals surface area (Å²) in [5.74, 6) is -0.863. The van der Waals surface area contributed by atoms with E-state index in [2.05, 4.69) is 15.8 Å². The highest BCUT2D eigenvalue weighted by Crippen LogP contribution is 2.13. The highest BCUT2D eigenvalue weighted by atomic mass is 32.1. The molecular weight excluding hydrogens is 360 g/mol. The zero-order chi connectivity index (χ0) is 19.1. The Hall–Kier alpha value is -3.45. The quantitative estimate of drug-likeness (QED) is 0.393. The largest absolute Gasteiger partial charge is 0.350 e. The average molecular weight is 378 g/mol. The Kier molecular flexibility index (Phi) is 5.96. The molecule has 2 amide bonds. The average Bonchev–Trinajstić information content (AvgIpc) is 3.34. The molecule has 2 aromatic heterocycles. The zero-order valence-electron chi connectivity index (χ0n) is 14.6. The summed E-state index contributed by atoms with van der Waals surface area (Å²) in [6.45, 7) is 0. The van der Waals surface area contributed by atoms with Crippen LogP contribution in [0.2, 0.25) is 0 Å². The number of benzene rings is 1. The molecular formula is C20H18N4O2S. The molecule has 0 spiro atoms. The van der Waals surface area contributed by atoms with Crippen molar-refractivity contribution in [1.82, 2.24) is 15.3 Å². The van der Waals surface area contributed by atoms with E-state index in [4.69, 9.17) is 0 Å². The normalized spacial score (nSPS) is 11.5. The first kappa shape index (κ1) is 18.3. The third-order valence-electron chi connectivity index (χ3n) is 3.71. The second-order valence-electron chi connectivity index (χ2n) is 5.64. The molecule has 0 radical (unpaired) electrons. The molecule has 0 atom stereocenters. The number of nitrogens with zero attached hydrogens (tertiary/aromatic N) is 2. The Labute approximate surface area is 160 Å². The van der Waals surface area contributed by atoms with Crippen LogP contribution >= 0.6 is 11.3 Å². The van der Waals surface area contributed by atoms with Crippen molar-refractivity contribution in [2.75, 3.05) is 0 Å². The smallest absolute Gasteiger partial charge is 0.287 e. The number of carbonyl (C=O) groups is 2. The molecule has 136 valence electrons. The molecule has 0 unspecified atom stereocenters. The van der Waals surface area contributed by atoms with E-state index in [-0.39, 0.29) is 11.6 Å². The Morgan fingerprint density at radius 3 is 2.56 bits per heavy atom. The topological polar surface area (TPSA) is 75.5 Å². The summed E-state index contributed by atoms with van der Waals surface area (Å²) in [5.41, 5.74) is 3.88. The van der Waals surface area contributed by atoms with Crippen molar-refractivity contribution in [3.05, 3.63) is 88.0 Å². The fraction of sp³-hybridized carbons (Fsp3) is 0.0500. The van der Waals surface area contributed by atoms with Crippen molar-refractivity contribution < 1.29 is 9.59 Å². The van der Waals surface area contributed by atoms with Crippen LogP contribution < -0.4 is 10.7 Å². The summed E-state index contributed by atoms with van der Waals surface area (Å²) >= 11 is 1.47. The van der Waals surface area contributed by atoms with Gasteiger partial charge < -0.3 is 9.88 Å². The lowest BCUT2D eigenvalue weighted by atomic mass is 10.2. The van der Waals surface area contributed by atoms with E-state index in [1.54, 1.807) is 36.6 Å². The minimum Gasteiger partial charge on any atom is -0.350 e. The molecule has 3 aromatic rings. The van der Waals surface area contributed by atoms with Crippen LogP contribution in [0.25, 0.3) is 6.08 Å². The van der Waals surface area contributed by atoms with E-state index < -0.39 is 5.91 Å². The number of nitrogens with one attached hydrogen (secondary N) is 2. The number of aromatic nitrogens is 1. The lowest BCUT2D eigenvalue weighted by Gasteiger charge is -2.08. The van der Waals surface area contributed by atoms with Crippen molar-refractivity contribution in [1.29, 1.82) is 0 Å². The first-order valence-corrected chi connectivity index (χ1v) is 9.08. The van der Waals surface area contributed by atoms with E-state index in [9.17, 15) is 9.59 Å². The third kappa shape index (κ3) is 5.02. The van der Waals surface area contributed by atoms with Crippen molar-refractivity contribution in [3.8, 4) is 0 Å². The number of rotatable bonds is 6. The Morgan fingerprint density at radius 1 is 1.07 bits per heavy atom. The number of carbonyl (C=O) groups excluding carboxylic acids is 2. The van der Waals surface area contributed by atoms with Gasteiger partial charge in [0.15, 0.2) is 0 Å². The molecule has 0 bridgehead atoms. The van der Waals surface area contributed by atoms with Gasteiger partial charge in [0.2, 0.25) is 0 Å². The maximum atomic E-state index is 12.5. The van der Waals surface area contributed by atoms with E-state index in [0.29, 0.717) is 5.56 Å². The van der Waals surface area contributed by atoms with Crippen LogP contribution in [0.15, 0.2) is 77.0 Å². The summed E-state index contributed by atoms with van der Waals surface area (Å²) in [7, 11) is 1.88. The molecule has 2 heterocycles. The van der Waals surface area contributed by atoms with Gasteiger partial charge in [-0.25, -0.2) is 5.43 Å². The number of hydrogen-bond acceptors (Lipinski definition) is 4. The molecule has 2 N–H and O–H groups in total. The molecule has 6 nitrogen and oxygen atoms in total. The van der Waals surface area contributed by atoms with Crippen LogP contribution in [-0.2, 0) is 11.8 Å². The monoisotopic (exact) mass is 378 g/mol. The highest BCUT2D eigenvalue weighted by molar-refractivity contribution is 7.10. The van der Waals surface area contributed by atoms with Gasteiger partial charge in [-0.1, -0.05) is 24.3 Å². The van der Waals surface area contributed by atoms with Crippen LogP contribution in [0.5, 0.6) is 0 Å². The van der Waals surface area contributed by atoms with Gasteiger partial charge in [-0.3, -0.25) is 9.59 Å². The maximum absolute atomic E-state index is 12.5. The van der Waals surface area contributed by atoms with Crippen LogP contribution in [0.4, 0.5) is 0 Å². The number of amides is 2. The summed E-state index contributed by atoms with van der Waals surface area (Å²) < 4.78 is 1.87. The Bertz CT molecular complexity index is 973. The molecule has 1 aromatic carbocycles. The second-order valence-corrected chi connectivity index (χ2v) is 6.62. The third-order valence-corrected chi connectivity index (χ3v) is 4.52. The minimum atomic E-state index is -0.502. The first-order chi connectivity index (χ1) is 13.1. The van der Waals surface area contributed by atoms with Gasteiger partial charge in [-0.2, -0.15) is 5.10 Å². The van der Waals surface area contributed by atoms with Crippen molar-refractivity contribution in [2.24, 2.45) is 12.1 Å². The highest BCUT2D eigenvalue weighted by Gasteiger charge is 2.14. The summed E-state index contributed by atoms with van der Waals surface area (Å²) in [6, 6.07) is 16.2. The van der Waals surface area contributed by atoms with Crippen LogP contribution in [0.1, 0.15) is 20.9 Å². The van der Waals surface area contributed by atoms with Gasteiger partial charge in [0.05, 0.1) is 11.9 Å². The zero-order valence-corrected chi connectivity index (χ0v) is 15.4. The fourth-order valence-electron chi connectivity index (χ4n) is 2.28. The predicted molar refractivity (Wildman–Crippen MR) is 107 cm³/mol. The molecule has 3 rings (SSSR count). The van der Waals surface area contributed by atoms with Crippen molar-refractivity contribution in [3.63, 3.8) is 0 Å². The molecule has 0 fully saturated rings. The van der Waals surface area contributed by atoms with Crippen LogP contribution in [0.3, 0.4) is 0 Å². The van der Waals surface area contributed by atoms with Crippen molar-refractivity contribution in [2.45, 2.75) is 0 Å². The standard InChI is InChI=1S/C20H18N4O2S/c1-24-11-5-9-16(24)14-21-23-20(26)18(13-17-10-6-12-27-17)22-19(25)15-7-3-2-4-8-15/h2-14H,1H3,(H,22,25)(H,23,26)/b18-13+,21-14-. The lowest BCUT2D eigenvalue weighted by molar-refractivity contribution is -0.117. The number of hydrazone groups is 1. The molecule has 0 saturated carbocycles. The van der Waals surface area contributed by atoms with Gasteiger partial charge in [0.25, 0.3) is 11.8 Å². The van der Waals surface area contributed by atoms with Crippen molar-refractivity contribution >= 4 is 35.4 Å². The van der Waals surface area contributed by atoms with E-state index in [0.717, 1.165) is 10.6 Å². The minimum absolute atomic E-state index is 0.121. The van der Waals surface area contributed by atoms with Gasteiger partial charge in [-0.15, -0.1) is 11.3 Å². The van der Waals surface area contributed by atoms with Gasteiger partial charge in [-0.05, 0) is 41.8 Å². The first-order valence-electron chi connectivity index (χ1n) is 8.20. The van der Waals surface area contributed by atoms with Crippen LogP contribution in [-0.4, -0.2) is 22.6 Å². The molecule has 7 heteroatoms. The van der Waals surface area contributed by atoms with Gasteiger partial charge >= 0.3 is 0 Å². The van der Waals surface area contributed by atoms with E-state index in [1.165, 1.54) is 11.3 Å². The Morgan fingerprint density at radius 2 is 1.89 bits per heavy atom. The molecule has 0 aliphatic heterocycles. The number of thiophene rings is 1. The number of aryl methyl sites for hydroxylation is 1. The predicted octanol–water partition coefficient (Wildman–Crippen LogP) is 3.01. The second kappa shape index (κ2) is 8.77. The number of hydrogen-bond donors (Lipinski definition) is 2. The van der Waals surface area contributed by atoms with E-state index in [1.807, 2.05) is 53.5 Å². The molecule has 0 aliphatic rings. The van der Waals surface area contributed by atoms with E-state index >= 15 is 0 Å². The summed E-state index contributed by atoms with van der Waals surface area (Å²) in [4.78, 5) is 25.8. The lowest BCUT2D eigenvalue weighted by Crippen LogP contribution is -2.32.